The standard InChI is InChI=1S/C60H88O6/c1-52(2,3)38-26-34(27-39(47(38)61)53(4,5)6)46(35-28-40(54(7,8)9)48(62)41(29-35)55(10,11)12)60(51(65)66-25,36-30-42(56(13,14)15)49(63)43(31-36)57(16,17)18)37-32-44(58(19,20)21)50(64)45(33-37)59(22,23)24/h26-33,46,61-64H,1-25H3. The second-order valence-electron chi connectivity index (χ2n) is 27.5. The van der Waals surface area contributed by atoms with Crippen molar-refractivity contribution in [1.29, 1.82) is 0 Å². The Hall–Kier alpha value is -4.45. The highest BCUT2D eigenvalue weighted by molar-refractivity contribution is 5.91. The Balaban J connectivity index is 2.73. The van der Waals surface area contributed by atoms with Crippen LogP contribution in [0.2, 0.25) is 0 Å². The molecule has 0 radical (unpaired) electrons. The van der Waals surface area contributed by atoms with E-state index in [2.05, 4.69) is 190 Å². The van der Waals surface area contributed by atoms with E-state index in [1.807, 2.05) is 24.3 Å². The first-order valence-electron chi connectivity index (χ1n) is 23.9. The van der Waals surface area contributed by atoms with Gasteiger partial charge in [-0.15, -0.1) is 0 Å². The number of carbonyl (C=O) groups excluding carboxylic acids is 1. The molecule has 0 fully saturated rings. The van der Waals surface area contributed by atoms with Crippen LogP contribution in [0.5, 0.6) is 23.0 Å². The van der Waals surface area contributed by atoms with Crippen molar-refractivity contribution in [3.05, 3.63) is 115 Å². The first kappa shape index (κ1) is 54.2. The number of hydrogen-bond acceptors (Lipinski definition) is 6. The summed E-state index contributed by atoms with van der Waals surface area (Å²) in [5.41, 5.74) is 2.20. The summed E-state index contributed by atoms with van der Waals surface area (Å²) in [6.07, 6.45) is 0. The summed E-state index contributed by atoms with van der Waals surface area (Å²) in [6, 6.07) is 16.3. The molecule has 0 saturated carbocycles. The molecule has 0 aliphatic heterocycles. The molecule has 0 unspecified atom stereocenters. The SMILES string of the molecule is COC(=O)C(c1cc(C(C)(C)C)c(O)c(C(C)(C)C)c1)(c1cc(C(C)(C)C)c(O)c(C(C)(C)C)c1)C(c1cc(C(C)(C)C)c(O)c(C(C)(C)C)c1)c1cc(C(C)(C)C)c(O)c(C(C)(C)C)c1. The molecule has 0 atom stereocenters. The number of hydrogen-bond donors (Lipinski definition) is 4. The smallest absolute Gasteiger partial charge is 0.321 e. The molecule has 0 amide bonds. The van der Waals surface area contributed by atoms with E-state index in [4.69, 9.17) is 4.74 Å². The average Bonchev–Trinajstić information content (AvgIpc) is 3.10. The van der Waals surface area contributed by atoms with Gasteiger partial charge in [-0.3, -0.25) is 4.79 Å². The maximum atomic E-state index is 16.5. The molecule has 4 rings (SSSR count). The van der Waals surface area contributed by atoms with Crippen molar-refractivity contribution >= 4 is 5.97 Å². The molecule has 0 saturated heterocycles. The van der Waals surface area contributed by atoms with Crippen LogP contribution >= 0.6 is 0 Å². The van der Waals surface area contributed by atoms with Crippen molar-refractivity contribution in [3.63, 3.8) is 0 Å². The molecule has 4 N–H and O–H groups in total. The number of rotatable bonds is 6. The number of methoxy groups -OCH3 is 1. The highest BCUT2D eigenvalue weighted by Gasteiger charge is 2.54. The second-order valence-corrected chi connectivity index (χ2v) is 27.5. The molecule has 4 aromatic rings. The minimum absolute atomic E-state index is 0.176. The van der Waals surface area contributed by atoms with Gasteiger partial charge in [0.05, 0.1) is 7.11 Å². The van der Waals surface area contributed by atoms with E-state index in [-0.39, 0.29) is 23.0 Å². The van der Waals surface area contributed by atoms with Crippen LogP contribution < -0.4 is 0 Å². The predicted molar refractivity (Wildman–Crippen MR) is 277 cm³/mol. The van der Waals surface area contributed by atoms with Gasteiger partial charge in [-0.05, 0) is 110 Å². The van der Waals surface area contributed by atoms with Gasteiger partial charge in [-0.25, -0.2) is 0 Å². The fourth-order valence-corrected chi connectivity index (χ4v) is 9.65. The first-order chi connectivity index (χ1) is 29.3. The van der Waals surface area contributed by atoms with E-state index < -0.39 is 60.6 Å². The molecule has 364 valence electrons. The van der Waals surface area contributed by atoms with Crippen molar-refractivity contribution in [2.75, 3.05) is 7.11 Å². The summed E-state index contributed by atoms with van der Waals surface area (Å²) in [6.45, 7) is 49.9. The van der Waals surface area contributed by atoms with Crippen LogP contribution in [0, 0.1) is 0 Å². The Morgan fingerprint density at radius 3 is 0.667 bits per heavy atom. The number of aromatic hydroxyl groups is 4. The third-order valence-corrected chi connectivity index (χ3v) is 13.5. The largest absolute Gasteiger partial charge is 0.507 e. The highest BCUT2D eigenvalue weighted by atomic mass is 16.5. The molecule has 0 bridgehead atoms. The quantitative estimate of drug-likeness (QED) is 0.144. The third-order valence-electron chi connectivity index (χ3n) is 13.5. The van der Waals surface area contributed by atoms with Crippen molar-refractivity contribution < 1.29 is 30.0 Å². The molecule has 6 heteroatoms. The summed E-state index contributed by atoms with van der Waals surface area (Å²) in [5.74, 6) is -0.659. The zero-order chi connectivity index (χ0) is 51.3. The summed E-state index contributed by atoms with van der Waals surface area (Å²) >= 11 is 0. The number of benzene rings is 4. The lowest BCUT2D eigenvalue weighted by Gasteiger charge is -2.44. The number of carbonyl (C=O) groups is 1. The normalized spacial score (nSPS) is 14.0. The number of ether oxygens (including phenoxy) is 1. The number of phenolic OH excluding ortho intramolecular Hbond substituents is 4. The molecule has 4 aromatic carbocycles. The van der Waals surface area contributed by atoms with Crippen LogP contribution in [0.1, 0.15) is 239 Å². The van der Waals surface area contributed by atoms with Crippen molar-refractivity contribution in [1.82, 2.24) is 0 Å². The van der Waals surface area contributed by atoms with Crippen LogP contribution in [0.3, 0.4) is 0 Å². The molecule has 0 heterocycles. The maximum absolute atomic E-state index is 16.5. The maximum Gasteiger partial charge on any atom is 0.321 e. The van der Waals surface area contributed by atoms with Gasteiger partial charge in [-0.2, -0.15) is 0 Å². The van der Waals surface area contributed by atoms with Gasteiger partial charge in [0.15, 0.2) is 0 Å². The van der Waals surface area contributed by atoms with Crippen molar-refractivity contribution in [2.45, 2.75) is 221 Å². The van der Waals surface area contributed by atoms with Crippen molar-refractivity contribution in [2.24, 2.45) is 0 Å². The Morgan fingerprint density at radius 1 is 0.348 bits per heavy atom. The van der Waals surface area contributed by atoms with Crippen molar-refractivity contribution in [3.8, 4) is 23.0 Å². The topological polar surface area (TPSA) is 107 Å². The van der Waals surface area contributed by atoms with E-state index in [1.54, 1.807) is 0 Å². The fourth-order valence-electron chi connectivity index (χ4n) is 9.65. The average molecular weight is 905 g/mol. The van der Waals surface area contributed by atoms with E-state index in [1.165, 1.54) is 7.11 Å². The summed E-state index contributed by atoms with van der Waals surface area (Å²) < 4.78 is 6.29. The van der Waals surface area contributed by atoms with E-state index in [0.29, 0.717) is 33.4 Å². The zero-order valence-electron chi connectivity index (χ0n) is 45.8. The Morgan fingerprint density at radius 2 is 0.515 bits per heavy atom. The van der Waals surface area contributed by atoms with Gasteiger partial charge in [0.25, 0.3) is 0 Å². The van der Waals surface area contributed by atoms with Gasteiger partial charge >= 0.3 is 5.97 Å². The Labute approximate surface area is 400 Å². The number of phenols is 4. The number of esters is 1. The van der Waals surface area contributed by atoms with E-state index >= 15 is 4.79 Å². The molecular weight excluding hydrogens is 817 g/mol. The molecule has 0 aromatic heterocycles. The van der Waals surface area contributed by atoms with Gasteiger partial charge < -0.3 is 25.2 Å². The minimum Gasteiger partial charge on any atom is -0.507 e. The van der Waals surface area contributed by atoms with Crippen LogP contribution in [-0.4, -0.2) is 33.5 Å². The summed E-state index contributed by atoms with van der Waals surface area (Å²) in [5, 5.41) is 49.5. The van der Waals surface area contributed by atoms with Crippen LogP contribution in [0.15, 0.2) is 48.5 Å². The first-order valence-corrected chi connectivity index (χ1v) is 23.9. The fraction of sp³-hybridized carbons (Fsp3) is 0.583. The lowest BCUT2D eigenvalue weighted by Crippen LogP contribution is -2.46. The molecule has 0 spiro atoms. The highest BCUT2D eigenvalue weighted by Crippen LogP contribution is 2.57. The van der Waals surface area contributed by atoms with Gasteiger partial charge in [-0.1, -0.05) is 215 Å². The van der Waals surface area contributed by atoms with Gasteiger partial charge in [0, 0.05) is 5.92 Å². The van der Waals surface area contributed by atoms with Crippen LogP contribution in [0.4, 0.5) is 0 Å². The lowest BCUT2D eigenvalue weighted by atomic mass is 9.58. The summed E-state index contributed by atoms with van der Waals surface area (Å²) in [7, 11) is 1.44. The molecule has 66 heavy (non-hydrogen) atoms. The second kappa shape index (κ2) is 17.0. The van der Waals surface area contributed by atoms with E-state index in [9.17, 15) is 20.4 Å². The third kappa shape index (κ3) is 10.2. The van der Waals surface area contributed by atoms with Crippen LogP contribution in [0.25, 0.3) is 0 Å². The predicted octanol–water partition coefficient (Wildman–Crippen LogP) is 15.2. The Kier molecular flexibility index (Phi) is 13.9. The van der Waals surface area contributed by atoms with Crippen LogP contribution in [-0.2, 0) is 58.3 Å². The minimum atomic E-state index is -1.75. The Bertz CT molecular complexity index is 2170. The van der Waals surface area contributed by atoms with Gasteiger partial charge in [0.2, 0.25) is 0 Å². The lowest BCUT2D eigenvalue weighted by molar-refractivity contribution is -0.146. The summed E-state index contributed by atoms with van der Waals surface area (Å²) in [4.78, 5) is 16.5. The molecule has 6 nitrogen and oxygen atoms in total. The zero-order valence-corrected chi connectivity index (χ0v) is 45.8. The molecule has 0 aliphatic rings. The molecular formula is C60H88O6. The van der Waals surface area contributed by atoms with Gasteiger partial charge in [0.1, 0.15) is 28.4 Å². The molecule has 0 aliphatic carbocycles. The monoisotopic (exact) mass is 905 g/mol. The van der Waals surface area contributed by atoms with E-state index in [0.717, 1.165) is 33.4 Å².